The lowest BCUT2D eigenvalue weighted by Gasteiger charge is -2.23. The van der Waals surface area contributed by atoms with Crippen molar-refractivity contribution in [1.29, 1.82) is 0 Å². The summed E-state index contributed by atoms with van der Waals surface area (Å²) in [4.78, 5) is 0. The van der Waals surface area contributed by atoms with Crippen LogP contribution in [0.25, 0.3) is 11.1 Å². The van der Waals surface area contributed by atoms with E-state index in [1.807, 2.05) is 0 Å². The van der Waals surface area contributed by atoms with E-state index in [1.54, 1.807) is 0 Å². The molecule has 0 fully saturated rings. The zero-order valence-corrected chi connectivity index (χ0v) is 14.3. The number of rotatable bonds is 4. The Bertz CT molecular complexity index is 577. The zero-order valence-electron chi connectivity index (χ0n) is 14.3. The normalized spacial score (nSPS) is 11.7. The van der Waals surface area contributed by atoms with E-state index in [1.165, 1.54) is 27.8 Å². The molecule has 0 aliphatic carbocycles. The Morgan fingerprint density at radius 2 is 0.952 bits per heavy atom. The second-order valence-corrected chi connectivity index (χ2v) is 6.86. The summed E-state index contributed by atoms with van der Waals surface area (Å²) in [6.07, 6.45) is 0. The predicted octanol–water partition coefficient (Wildman–Crippen LogP) is 6.72. The first kappa shape index (κ1) is 15.8. The predicted molar refractivity (Wildman–Crippen MR) is 94.1 cm³/mol. The van der Waals surface area contributed by atoms with Gasteiger partial charge in [0.25, 0.3) is 0 Å². The molecule has 2 rings (SSSR count). The van der Waals surface area contributed by atoms with Crippen molar-refractivity contribution in [2.75, 3.05) is 0 Å². The highest BCUT2D eigenvalue weighted by Gasteiger charge is 2.18. The largest absolute Gasteiger partial charge is 0.0619 e. The molecular weight excluding hydrogens is 252 g/mol. The van der Waals surface area contributed by atoms with E-state index < -0.39 is 0 Å². The van der Waals surface area contributed by atoms with Crippen molar-refractivity contribution in [3.63, 3.8) is 0 Å². The summed E-state index contributed by atoms with van der Waals surface area (Å²) >= 11 is 0. The molecule has 21 heavy (non-hydrogen) atoms. The van der Waals surface area contributed by atoms with Crippen molar-refractivity contribution in [2.45, 2.75) is 59.3 Å². The van der Waals surface area contributed by atoms with E-state index in [4.69, 9.17) is 0 Å². The van der Waals surface area contributed by atoms with E-state index in [0.29, 0.717) is 17.8 Å². The van der Waals surface area contributed by atoms with Crippen LogP contribution in [0.4, 0.5) is 0 Å². The van der Waals surface area contributed by atoms with E-state index in [-0.39, 0.29) is 0 Å². The van der Waals surface area contributed by atoms with Gasteiger partial charge in [0.1, 0.15) is 0 Å². The summed E-state index contributed by atoms with van der Waals surface area (Å²) in [6, 6.07) is 15.7. The second kappa shape index (κ2) is 6.47. The molecule has 2 aromatic rings. The molecule has 0 heterocycles. The minimum Gasteiger partial charge on any atom is -0.0619 e. The van der Waals surface area contributed by atoms with Crippen molar-refractivity contribution >= 4 is 0 Å². The van der Waals surface area contributed by atoms with Crippen LogP contribution in [0.15, 0.2) is 42.5 Å². The van der Waals surface area contributed by atoms with Crippen LogP contribution in [-0.2, 0) is 0 Å². The van der Waals surface area contributed by atoms with Gasteiger partial charge in [0, 0.05) is 0 Å². The summed E-state index contributed by atoms with van der Waals surface area (Å²) in [5.41, 5.74) is 7.27. The maximum Gasteiger partial charge on any atom is -0.0112 e. The molecule has 2 aromatic carbocycles. The van der Waals surface area contributed by atoms with Crippen molar-refractivity contribution in [2.24, 2.45) is 0 Å². The fourth-order valence-electron chi connectivity index (χ4n) is 3.09. The van der Waals surface area contributed by atoms with Gasteiger partial charge in [0.05, 0.1) is 0 Å². The third-order valence-electron chi connectivity index (χ3n) is 4.23. The lowest BCUT2D eigenvalue weighted by atomic mass is 9.82. The van der Waals surface area contributed by atoms with Crippen LogP contribution in [0, 0.1) is 0 Å². The Labute approximate surface area is 130 Å². The summed E-state index contributed by atoms with van der Waals surface area (Å²) in [5.74, 6) is 1.62. The van der Waals surface area contributed by atoms with Gasteiger partial charge < -0.3 is 0 Å². The number of hydrogen-bond acceptors (Lipinski definition) is 0. The summed E-state index contributed by atoms with van der Waals surface area (Å²) < 4.78 is 0. The quantitative estimate of drug-likeness (QED) is 0.583. The van der Waals surface area contributed by atoms with Gasteiger partial charge in [-0.2, -0.15) is 0 Å². The number of benzene rings is 2. The van der Waals surface area contributed by atoms with E-state index in [0.717, 1.165) is 0 Å². The van der Waals surface area contributed by atoms with Gasteiger partial charge in [-0.15, -0.1) is 0 Å². The van der Waals surface area contributed by atoms with Gasteiger partial charge in [0.2, 0.25) is 0 Å². The van der Waals surface area contributed by atoms with Crippen LogP contribution < -0.4 is 0 Å². The molecule has 0 aliphatic rings. The average molecular weight is 280 g/mol. The van der Waals surface area contributed by atoms with Gasteiger partial charge >= 0.3 is 0 Å². The van der Waals surface area contributed by atoms with Crippen molar-refractivity contribution in [3.8, 4) is 11.1 Å². The van der Waals surface area contributed by atoms with E-state index >= 15 is 0 Å². The van der Waals surface area contributed by atoms with Crippen LogP contribution in [0.3, 0.4) is 0 Å². The van der Waals surface area contributed by atoms with Gasteiger partial charge in [-0.1, -0.05) is 84.0 Å². The Hall–Kier alpha value is -1.56. The average Bonchev–Trinajstić information content (AvgIpc) is 2.46. The molecule has 0 unspecified atom stereocenters. The molecular formula is C21H28. The van der Waals surface area contributed by atoms with Crippen LogP contribution in [-0.4, -0.2) is 0 Å². The molecule has 112 valence electrons. The third kappa shape index (κ3) is 3.20. The molecule has 0 N–H and O–H groups in total. The van der Waals surface area contributed by atoms with Gasteiger partial charge in [-0.05, 0) is 45.6 Å². The molecule has 0 aromatic heterocycles. The summed E-state index contributed by atoms with van der Waals surface area (Å²) in [7, 11) is 0. The van der Waals surface area contributed by atoms with E-state index in [2.05, 4.69) is 84.0 Å². The molecule has 0 radical (unpaired) electrons. The van der Waals surface area contributed by atoms with Gasteiger partial charge in [-0.25, -0.2) is 0 Å². The third-order valence-corrected chi connectivity index (χ3v) is 4.23. The molecule has 0 spiro atoms. The van der Waals surface area contributed by atoms with Crippen molar-refractivity contribution in [3.05, 3.63) is 59.2 Å². The minimum absolute atomic E-state index is 0.541. The minimum atomic E-state index is 0.541. The Kier molecular flexibility index (Phi) is 4.88. The van der Waals surface area contributed by atoms with Crippen LogP contribution >= 0.6 is 0 Å². The first-order chi connectivity index (χ1) is 9.93. The highest BCUT2D eigenvalue weighted by molar-refractivity contribution is 5.75. The molecule has 0 heteroatoms. The Balaban J connectivity index is 2.79. The molecule has 0 amide bonds. The topological polar surface area (TPSA) is 0 Å². The van der Waals surface area contributed by atoms with E-state index in [9.17, 15) is 0 Å². The zero-order chi connectivity index (χ0) is 15.6. The molecule has 0 aliphatic heterocycles. The molecule has 0 saturated heterocycles. The second-order valence-electron chi connectivity index (χ2n) is 6.86. The summed E-state index contributed by atoms with van der Waals surface area (Å²) in [5, 5.41) is 0. The van der Waals surface area contributed by atoms with Gasteiger partial charge in [0.15, 0.2) is 0 Å². The highest BCUT2D eigenvalue weighted by atomic mass is 14.2. The fourth-order valence-corrected chi connectivity index (χ4v) is 3.09. The standard InChI is InChI=1S/C21H28/c1-14(2)17-10-7-8-11-20(17)21-18(15(3)4)12-9-13-19(21)16(5)6/h7-16H,1-6H3. The highest BCUT2D eigenvalue weighted by Crippen LogP contribution is 2.39. The van der Waals surface area contributed by atoms with Crippen LogP contribution in [0.5, 0.6) is 0 Å². The van der Waals surface area contributed by atoms with Crippen LogP contribution in [0.1, 0.15) is 76.0 Å². The maximum absolute atomic E-state index is 2.29. The SMILES string of the molecule is CC(C)c1ccccc1-c1c(C(C)C)cccc1C(C)C. The Morgan fingerprint density at radius 3 is 1.43 bits per heavy atom. The van der Waals surface area contributed by atoms with Crippen molar-refractivity contribution < 1.29 is 0 Å². The van der Waals surface area contributed by atoms with Gasteiger partial charge in [-0.3, -0.25) is 0 Å². The first-order valence-electron chi connectivity index (χ1n) is 8.15. The lowest BCUT2D eigenvalue weighted by Crippen LogP contribution is -2.02. The number of hydrogen-bond donors (Lipinski definition) is 0. The molecule has 0 bridgehead atoms. The Morgan fingerprint density at radius 1 is 0.524 bits per heavy atom. The lowest BCUT2D eigenvalue weighted by molar-refractivity contribution is 0.831. The maximum atomic E-state index is 2.29. The van der Waals surface area contributed by atoms with Crippen LogP contribution in [0.2, 0.25) is 0 Å². The molecule has 0 atom stereocenters. The fraction of sp³-hybridized carbons (Fsp3) is 0.429. The molecule has 0 nitrogen and oxygen atoms in total. The smallest absolute Gasteiger partial charge is 0.0112 e. The monoisotopic (exact) mass is 280 g/mol. The first-order valence-corrected chi connectivity index (χ1v) is 8.15. The van der Waals surface area contributed by atoms with Crippen molar-refractivity contribution in [1.82, 2.24) is 0 Å². The summed E-state index contributed by atoms with van der Waals surface area (Å²) in [6.45, 7) is 13.7. The molecule has 0 saturated carbocycles.